The van der Waals surface area contributed by atoms with Crippen molar-refractivity contribution in [3.63, 3.8) is 0 Å². The lowest BCUT2D eigenvalue weighted by Gasteiger charge is -2.24. The maximum atomic E-state index is 13.4. The first-order chi connectivity index (χ1) is 14.7. The molecular weight excluding hydrogens is 466 g/mol. The second kappa shape index (κ2) is 10.7. The lowest BCUT2D eigenvalue weighted by atomic mass is 10.1. The van der Waals surface area contributed by atoms with Crippen molar-refractivity contribution in [1.29, 1.82) is 0 Å². The van der Waals surface area contributed by atoms with Crippen LogP contribution in [0.4, 0.5) is 5.13 Å². The Labute approximate surface area is 200 Å². The lowest BCUT2D eigenvalue weighted by molar-refractivity contribution is 0.0983. The number of nitrogens with zero attached hydrogens (tertiary/aromatic N) is 3. The molecule has 3 aromatic rings. The molecule has 1 amide bonds. The molecule has 0 aliphatic heterocycles. The van der Waals surface area contributed by atoms with E-state index in [1.807, 2.05) is 13.0 Å². The maximum Gasteiger partial charge on any atom is 0.260 e. The Morgan fingerprint density at radius 3 is 2.19 bits per heavy atom. The highest BCUT2D eigenvalue weighted by atomic mass is 35.5. The van der Waals surface area contributed by atoms with E-state index in [1.165, 1.54) is 29.0 Å². The van der Waals surface area contributed by atoms with Crippen LogP contribution in [0, 0.1) is 13.8 Å². The number of fused-ring (bicyclic) bond motifs is 1. The summed E-state index contributed by atoms with van der Waals surface area (Å²) in [6, 6.07) is 10.2. The first-order valence-electron chi connectivity index (χ1n) is 10.4. The van der Waals surface area contributed by atoms with Crippen LogP contribution in [0.2, 0.25) is 0 Å². The molecule has 2 aromatic carbocycles. The predicted octanol–water partition coefficient (Wildman–Crippen LogP) is 4.73. The summed E-state index contributed by atoms with van der Waals surface area (Å²) >= 11 is 1.51. The third kappa shape index (κ3) is 5.67. The van der Waals surface area contributed by atoms with Crippen LogP contribution in [-0.2, 0) is 9.84 Å². The molecule has 0 fully saturated rings. The van der Waals surface area contributed by atoms with Crippen LogP contribution in [0.3, 0.4) is 0 Å². The van der Waals surface area contributed by atoms with Crippen LogP contribution in [0.5, 0.6) is 0 Å². The molecule has 0 saturated carbocycles. The molecule has 0 atom stereocenters. The highest BCUT2D eigenvalue weighted by Gasteiger charge is 2.23. The first-order valence-corrected chi connectivity index (χ1v) is 13.1. The minimum atomic E-state index is -3.31. The number of thiazole rings is 1. The fraction of sp³-hybridized carbons (Fsp3) is 0.391. The van der Waals surface area contributed by atoms with Gasteiger partial charge in [0.1, 0.15) is 0 Å². The molecule has 0 bridgehead atoms. The molecule has 0 unspecified atom stereocenters. The number of carbonyl (C=O) groups excluding carboxylic acids is 1. The van der Waals surface area contributed by atoms with Crippen LogP contribution in [0.1, 0.15) is 35.3 Å². The topological polar surface area (TPSA) is 70.6 Å². The van der Waals surface area contributed by atoms with Crippen molar-refractivity contribution in [1.82, 2.24) is 9.88 Å². The zero-order valence-corrected chi connectivity index (χ0v) is 21.5. The summed E-state index contributed by atoms with van der Waals surface area (Å²) in [6.07, 6.45) is 1.16. The van der Waals surface area contributed by atoms with Gasteiger partial charge in [0.15, 0.2) is 15.0 Å². The number of aromatic nitrogens is 1. The minimum Gasteiger partial charge on any atom is -0.302 e. The summed E-state index contributed by atoms with van der Waals surface area (Å²) in [6.45, 7) is 11.3. The minimum absolute atomic E-state index is 0. The third-order valence-corrected chi connectivity index (χ3v) is 7.79. The highest BCUT2D eigenvalue weighted by Crippen LogP contribution is 2.32. The number of rotatable bonds is 8. The molecule has 1 aromatic heterocycles. The summed E-state index contributed by atoms with van der Waals surface area (Å²) in [7, 11) is -3.31. The maximum absolute atomic E-state index is 13.4. The normalized spacial score (nSPS) is 11.6. The van der Waals surface area contributed by atoms with Crippen LogP contribution in [0.15, 0.2) is 41.3 Å². The number of hydrogen-bond acceptors (Lipinski definition) is 6. The number of benzene rings is 2. The highest BCUT2D eigenvalue weighted by molar-refractivity contribution is 7.90. The van der Waals surface area contributed by atoms with E-state index >= 15 is 0 Å². The van der Waals surface area contributed by atoms with Gasteiger partial charge in [-0.05, 0) is 68.4 Å². The van der Waals surface area contributed by atoms with E-state index in [1.54, 1.807) is 17.0 Å². The lowest BCUT2D eigenvalue weighted by Crippen LogP contribution is -2.38. The molecule has 0 N–H and O–H groups in total. The molecule has 0 aliphatic rings. The fourth-order valence-electron chi connectivity index (χ4n) is 3.40. The van der Waals surface area contributed by atoms with Gasteiger partial charge in [-0.1, -0.05) is 31.3 Å². The number of aryl methyl sites for hydroxylation is 2. The van der Waals surface area contributed by atoms with Gasteiger partial charge in [-0.2, -0.15) is 0 Å². The summed E-state index contributed by atoms with van der Waals surface area (Å²) in [5.41, 5.74) is 3.66. The Bertz CT molecular complexity index is 1190. The van der Waals surface area contributed by atoms with Gasteiger partial charge in [-0.3, -0.25) is 9.69 Å². The molecule has 9 heteroatoms. The van der Waals surface area contributed by atoms with E-state index < -0.39 is 9.84 Å². The van der Waals surface area contributed by atoms with Crippen molar-refractivity contribution in [2.24, 2.45) is 0 Å². The average molecular weight is 496 g/mol. The molecule has 0 aliphatic carbocycles. The molecule has 0 radical (unpaired) electrons. The van der Waals surface area contributed by atoms with Crippen LogP contribution < -0.4 is 4.90 Å². The second-order valence-electron chi connectivity index (χ2n) is 7.63. The number of sulfone groups is 1. The summed E-state index contributed by atoms with van der Waals surface area (Å²) in [5, 5.41) is 0.660. The molecule has 3 rings (SSSR count). The van der Waals surface area contributed by atoms with Gasteiger partial charge in [-0.25, -0.2) is 13.4 Å². The van der Waals surface area contributed by atoms with Crippen molar-refractivity contribution >= 4 is 54.8 Å². The molecule has 0 saturated heterocycles. The van der Waals surface area contributed by atoms with Crippen LogP contribution in [0.25, 0.3) is 10.2 Å². The Morgan fingerprint density at radius 1 is 1.00 bits per heavy atom. The van der Waals surface area contributed by atoms with Crippen LogP contribution in [-0.4, -0.2) is 56.6 Å². The molecule has 6 nitrogen and oxygen atoms in total. The van der Waals surface area contributed by atoms with Gasteiger partial charge in [-0.15, -0.1) is 12.4 Å². The average Bonchev–Trinajstić information content (AvgIpc) is 3.18. The Kier molecular flexibility index (Phi) is 8.82. The quantitative estimate of drug-likeness (QED) is 0.452. The first kappa shape index (κ1) is 26.3. The number of likely N-dealkylation sites (N-methyl/N-ethyl adjacent to an activating group) is 1. The van der Waals surface area contributed by atoms with Gasteiger partial charge >= 0.3 is 0 Å². The second-order valence-corrected chi connectivity index (χ2v) is 10.7. The largest absolute Gasteiger partial charge is 0.302 e. The number of amides is 1. The Balaban J connectivity index is 0.00000363. The summed E-state index contributed by atoms with van der Waals surface area (Å²) < 4.78 is 24.6. The Hall–Kier alpha value is -2.00. The number of hydrogen-bond donors (Lipinski definition) is 0. The SMILES string of the molecule is CCN(CC)CCN(C(=O)c1ccc(S(C)(=O)=O)cc1)c1nc2c(C)c(C)ccc2s1.Cl. The van der Waals surface area contributed by atoms with E-state index in [-0.39, 0.29) is 23.2 Å². The number of halogens is 1. The van der Waals surface area contributed by atoms with Gasteiger partial charge in [0.05, 0.1) is 15.1 Å². The van der Waals surface area contributed by atoms with E-state index in [0.717, 1.165) is 41.7 Å². The van der Waals surface area contributed by atoms with Crippen molar-refractivity contribution in [2.75, 3.05) is 37.3 Å². The molecule has 0 spiro atoms. The smallest absolute Gasteiger partial charge is 0.260 e. The number of anilines is 1. The molecule has 32 heavy (non-hydrogen) atoms. The van der Waals surface area contributed by atoms with E-state index in [9.17, 15) is 13.2 Å². The zero-order valence-electron chi connectivity index (χ0n) is 19.1. The van der Waals surface area contributed by atoms with E-state index in [2.05, 4.69) is 31.7 Å². The summed E-state index contributed by atoms with van der Waals surface area (Å²) in [5.74, 6) is -0.180. The summed E-state index contributed by atoms with van der Waals surface area (Å²) in [4.78, 5) is 22.4. The Morgan fingerprint density at radius 2 is 1.62 bits per heavy atom. The van der Waals surface area contributed by atoms with Crippen molar-refractivity contribution < 1.29 is 13.2 Å². The van der Waals surface area contributed by atoms with Gasteiger partial charge in [0.2, 0.25) is 0 Å². The van der Waals surface area contributed by atoms with Crippen LogP contribution >= 0.6 is 23.7 Å². The van der Waals surface area contributed by atoms with E-state index in [4.69, 9.17) is 4.98 Å². The van der Waals surface area contributed by atoms with Crippen molar-refractivity contribution in [3.8, 4) is 0 Å². The number of carbonyl (C=O) groups is 1. The third-order valence-electron chi connectivity index (χ3n) is 5.61. The molecule has 1 heterocycles. The fourth-order valence-corrected chi connectivity index (χ4v) is 5.08. The monoisotopic (exact) mass is 495 g/mol. The van der Waals surface area contributed by atoms with Crippen molar-refractivity contribution in [2.45, 2.75) is 32.6 Å². The van der Waals surface area contributed by atoms with Gasteiger partial charge < -0.3 is 4.90 Å². The van der Waals surface area contributed by atoms with Crippen molar-refractivity contribution in [3.05, 3.63) is 53.1 Å². The standard InChI is InChI=1S/C23H29N3O3S2.ClH/c1-6-25(7-2)14-15-26(22(27)18-9-11-19(12-10-18)31(5,28)29)23-24-21-17(4)16(3)8-13-20(21)30-23;/h8-13H,6-7,14-15H2,1-5H3;1H. The zero-order chi connectivity index (χ0) is 22.8. The van der Waals surface area contributed by atoms with E-state index in [0.29, 0.717) is 17.2 Å². The molecule has 174 valence electrons. The van der Waals surface area contributed by atoms with Gasteiger partial charge in [0.25, 0.3) is 5.91 Å². The van der Waals surface area contributed by atoms with Gasteiger partial charge in [0, 0.05) is 24.9 Å². The predicted molar refractivity (Wildman–Crippen MR) is 135 cm³/mol. The molecular formula is C23H30ClN3O3S2.